The Kier molecular flexibility index (Phi) is 4.49. The molecule has 0 aliphatic heterocycles. The van der Waals surface area contributed by atoms with Gasteiger partial charge in [-0.1, -0.05) is 48.5 Å². The van der Waals surface area contributed by atoms with Crippen LogP contribution in [0.15, 0.2) is 66.7 Å². The maximum absolute atomic E-state index is 6.16. The van der Waals surface area contributed by atoms with Gasteiger partial charge in [-0.2, -0.15) is 0 Å². The normalized spacial score (nSPS) is 12.1. The average Bonchev–Trinajstić information content (AvgIpc) is 2.63. The largest absolute Gasteiger partial charge is 0.496 e. The maximum atomic E-state index is 6.16. The Morgan fingerprint density at radius 1 is 0.957 bits per heavy atom. The Bertz CT molecular complexity index is 786. The highest BCUT2D eigenvalue weighted by molar-refractivity contribution is 5.88. The molecule has 1 atom stereocenters. The average molecular weight is 306 g/mol. The maximum Gasteiger partial charge on any atom is 0.124 e. The third-order valence-corrected chi connectivity index (χ3v) is 4.34. The number of rotatable bonds is 5. The third kappa shape index (κ3) is 2.88. The van der Waals surface area contributed by atoms with Crippen LogP contribution in [0.1, 0.15) is 11.6 Å². The van der Waals surface area contributed by atoms with Gasteiger partial charge in [-0.3, -0.25) is 0 Å². The molecule has 0 saturated heterocycles. The number of benzene rings is 3. The minimum absolute atomic E-state index is 0.0402. The standard InChI is InChI=1S/C20H22N2O/c1-22(16-9-4-3-5-10-16)18(14-21)20-17-11-7-6-8-15(17)12-13-19(20)23-2/h3-13,18H,14,21H2,1-2H3. The molecule has 0 aromatic heterocycles. The van der Waals surface area contributed by atoms with E-state index in [1.54, 1.807) is 7.11 Å². The molecule has 3 heteroatoms. The van der Waals surface area contributed by atoms with Crippen LogP contribution in [0.4, 0.5) is 5.69 Å². The van der Waals surface area contributed by atoms with Crippen LogP contribution in [0.3, 0.4) is 0 Å². The van der Waals surface area contributed by atoms with Crippen molar-refractivity contribution in [3.05, 3.63) is 72.3 Å². The summed E-state index contributed by atoms with van der Waals surface area (Å²) in [5.74, 6) is 0.877. The molecule has 3 aromatic carbocycles. The Balaban J connectivity index is 2.16. The summed E-state index contributed by atoms with van der Waals surface area (Å²) in [5, 5.41) is 2.38. The van der Waals surface area contributed by atoms with Gasteiger partial charge in [0.1, 0.15) is 5.75 Å². The molecule has 0 fully saturated rings. The first kappa shape index (κ1) is 15.4. The van der Waals surface area contributed by atoms with E-state index in [-0.39, 0.29) is 6.04 Å². The highest BCUT2D eigenvalue weighted by Crippen LogP contribution is 2.36. The van der Waals surface area contributed by atoms with E-state index in [9.17, 15) is 0 Å². The fourth-order valence-electron chi connectivity index (χ4n) is 3.11. The van der Waals surface area contributed by atoms with Crippen LogP contribution in [0, 0.1) is 0 Å². The lowest BCUT2D eigenvalue weighted by molar-refractivity contribution is 0.406. The van der Waals surface area contributed by atoms with Crippen molar-refractivity contribution >= 4 is 16.5 Å². The van der Waals surface area contributed by atoms with Gasteiger partial charge >= 0.3 is 0 Å². The van der Waals surface area contributed by atoms with Gasteiger partial charge in [0.2, 0.25) is 0 Å². The molecule has 0 bridgehead atoms. The first-order valence-electron chi connectivity index (χ1n) is 7.80. The fraction of sp³-hybridized carbons (Fsp3) is 0.200. The van der Waals surface area contributed by atoms with Gasteiger partial charge in [0, 0.05) is 24.8 Å². The van der Waals surface area contributed by atoms with Crippen LogP contribution in [0.25, 0.3) is 10.8 Å². The molecule has 3 aromatic rings. The van der Waals surface area contributed by atoms with Crippen molar-refractivity contribution in [3.8, 4) is 5.75 Å². The second-order valence-corrected chi connectivity index (χ2v) is 5.60. The zero-order valence-electron chi connectivity index (χ0n) is 13.6. The van der Waals surface area contributed by atoms with E-state index >= 15 is 0 Å². The number of nitrogens with zero attached hydrogens (tertiary/aromatic N) is 1. The predicted octanol–water partition coefficient (Wildman–Crippen LogP) is 3.98. The minimum atomic E-state index is 0.0402. The summed E-state index contributed by atoms with van der Waals surface area (Å²) in [6.45, 7) is 0.510. The van der Waals surface area contributed by atoms with Crippen molar-refractivity contribution in [1.29, 1.82) is 0 Å². The van der Waals surface area contributed by atoms with Crippen molar-refractivity contribution in [2.45, 2.75) is 6.04 Å². The van der Waals surface area contributed by atoms with Crippen LogP contribution in [-0.4, -0.2) is 20.7 Å². The second kappa shape index (κ2) is 6.71. The molecule has 2 N–H and O–H groups in total. The van der Waals surface area contributed by atoms with Crippen LogP contribution < -0.4 is 15.4 Å². The summed E-state index contributed by atoms with van der Waals surface area (Å²) in [5.41, 5.74) is 8.44. The van der Waals surface area contributed by atoms with Crippen molar-refractivity contribution in [2.24, 2.45) is 5.73 Å². The topological polar surface area (TPSA) is 38.5 Å². The van der Waals surface area contributed by atoms with E-state index < -0.39 is 0 Å². The molecule has 3 nitrogen and oxygen atoms in total. The van der Waals surface area contributed by atoms with Crippen LogP contribution in [-0.2, 0) is 0 Å². The second-order valence-electron chi connectivity index (χ2n) is 5.60. The minimum Gasteiger partial charge on any atom is -0.496 e. The highest BCUT2D eigenvalue weighted by atomic mass is 16.5. The van der Waals surface area contributed by atoms with Crippen molar-refractivity contribution in [1.82, 2.24) is 0 Å². The Morgan fingerprint density at radius 2 is 1.65 bits per heavy atom. The molecular weight excluding hydrogens is 284 g/mol. The van der Waals surface area contributed by atoms with Crippen LogP contribution in [0.2, 0.25) is 0 Å². The highest BCUT2D eigenvalue weighted by Gasteiger charge is 2.22. The van der Waals surface area contributed by atoms with E-state index in [2.05, 4.69) is 54.4 Å². The molecule has 0 saturated carbocycles. The summed E-state index contributed by atoms with van der Waals surface area (Å²) in [6, 6.07) is 22.8. The Hall–Kier alpha value is -2.52. The molecule has 0 aliphatic carbocycles. The van der Waals surface area contributed by atoms with E-state index in [1.165, 1.54) is 10.8 Å². The first-order chi connectivity index (χ1) is 11.3. The molecule has 0 spiro atoms. The molecule has 1 unspecified atom stereocenters. The van der Waals surface area contributed by atoms with Crippen molar-refractivity contribution < 1.29 is 4.74 Å². The SMILES string of the molecule is COc1ccc2ccccc2c1C(CN)N(C)c1ccccc1. The monoisotopic (exact) mass is 306 g/mol. The predicted molar refractivity (Wildman–Crippen MR) is 97.1 cm³/mol. The van der Waals surface area contributed by atoms with E-state index in [4.69, 9.17) is 10.5 Å². The summed E-state index contributed by atoms with van der Waals surface area (Å²) in [7, 11) is 3.79. The summed E-state index contributed by atoms with van der Waals surface area (Å²) in [4.78, 5) is 2.21. The first-order valence-corrected chi connectivity index (χ1v) is 7.80. The van der Waals surface area contributed by atoms with E-state index in [0.29, 0.717) is 6.54 Å². The van der Waals surface area contributed by atoms with Gasteiger partial charge in [-0.05, 0) is 29.0 Å². The zero-order chi connectivity index (χ0) is 16.2. The van der Waals surface area contributed by atoms with Gasteiger partial charge in [-0.25, -0.2) is 0 Å². The van der Waals surface area contributed by atoms with Crippen LogP contribution in [0.5, 0.6) is 5.75 Å². The lowest BCUT2D eigenvalue weighted by atomic mass is 9.96. The number of hydrogen-bond acceptors (Lipinski definition) is 3. The van der Waals surface area contributed by atoms with E-state index in [0.717, 1.165) is 17.0 Å². The quantitative estimate of drug-likeness (QED) is 0.775. The summed E-state index contributed by atoms with van der Waals surface area (Å²) < 4.78 is 5.64. The fourth-order valence-corrected chi connectivity index (χ4v) is 3.11. The van der Waals surface area contributed by atoms with Gasteiger partial charge < -0.3 is 15.4 Å². The zero-order valence-corrected chi connectivity index (χ0v) is 13.6. The molecular formula is C20H22N2O. The number of fused-ring (bicyclic) bond motifs is 1. The van der Waals surface area contributed by atoms with Gasteiger partial charge in [0.15, 0.2) is 0 Å². The van der Waals surface area contributed by atoms with Crippen LogP contribution >= 0.6 is 0 Å². The molecule has 3 rings (SSSR count). The smallest absolute Gasteiger partial charge is 0.124 e. The summed E-state index contributed by atoms with van der Waals surface area (Å²) in [6.07, 6.45) is 0. The third-order valence-electron chi connectivity index (χ3n) is 4.34. The van der Waals surface area contributed by atoms with E-state index in [1.807, 2.05) is 24.3 Å². The molecule has 0 aliphatic rings. The van der Waals surface area contributed by atoms with Crippen molar-refractivity contribution in [2.75, 3.05) is 25.6 Å². The van der Waals surface area contributed by atoms with Crippen molar-refractivity contribution in [3.63, 3.8) is 0 Å². The number of nitrogens with two attached hydrogens (primary N) is 1. The number of likely N-dealkylation sites (N-methyl/N-ethyl adjacent to an activating group) is 1. The molecule has 23 heavy (non-hydrogen) atoms. The lowest BCUT2D eigenvalue weighted by Gasteiger charge is -2.31. The number of para-hydroxylation sites is 1. The van der Waals surface area contributed by atoms with Gasteiger partial charge in [-0.15, -0.1) is 0 Å². The molecule has 0 amide bonds. The van der Waals surface area contributed by atoms with Gasteiger partial charge in [0.05, 0.1) is 13.2 Å². The number of hydrogen-bond donors (Lipinski definition) is 1. The van der Waals surface area contributed by atoms with Gasteiger partial charge in [0.25, 0.3) is 0 Å². The summed E-state index contributed by atoms with van der Waals surface area (Å²) >= 11 is 0. The number of anilines is 1. The molecule has 0 heterocycles. The Labute approximate surface area is 137 Å². The Morgan fingerprint density at radius 3 is 2.35 bits per heavy atom. The number of ether oxygens (including phenoxy) is 1. The lowest BCUT2D eigenvalue weighted by Crippen LogP contribution is -2.31. The number of methoxy groups -OCH3 is 1. The molecule has 0 radical (unpaired) electrons. The molecule has 118 valence electrons.